The van der Waals surface area contributed by atoms with E-state index >= 15 is 0 Å². The third kappa shape index (κ3) is 2.58. The number of nitrogens with zero attached hydrogens (tertiary/aromatic N) is 2. The molecule has 0 atom stereocenters. The van der Waals surface area contributed by atoms with E-state index in [1.165, 1.54) is 5.56 Å². The third-order valence-electron chi connectivity index (χ3n) is 3.68. The largest absolute Gasteiger partial charge is 0.497 e. The number of hydrogen-bond acceptors (Lipinski definition) is 4. The van der Waals surface area contributed by atoms with Crippen molar-refractivity contribution in [2.45, 2.75) is 19.3 Å². The van der Waals surface area contributed by atoms with Crippen LogP contribution in [0.25, 0.3) is 11.3 Å². The molecule has 3 N–H and O–H groups in total. The normalized spacial score (nSPS) is 14.0. The van der Waals surface area contributed by atoms with Gasteiger partial charge in [-0.15, -0.1) is 0 Å². The summed E-state index contributed by atoms with van der Waals surface area (Å²) >= 11 is 5.12. The predicted octanol–water partition coefficient (Wildman–Crippen LogP) is 2.40. The van der Waals surface area contributed by atoms with Crippen LogP contribution in [0.15, 0.2) is 24.3 Å². The number of aromatic nitrogens is 2. The molecule has 1 aromatic carbocycles. The van der Waals surface area contributed by atoms with Crippen molar-refractivity contribution in [2.24, 2.45) is 5.73 Å². The second kappa shape index (κ2) is 5.73. The van der Waals surface area contributed by atoms with Gasteiger partial charge in [-0.3, -0.25) is 0 Å². The fourth-order valence-electron chi connectivity index (χ4n) is 2.66. The topological polar surface area (TPSA) is 65.1 Å². The molecule has 1 aromatic heterocycles. The molecule has 0 saturated heterocycles. The van der Waals surface area contributed by atoms with Crippen LogP contribution in [-0.4, -0.2) is 28.5 Å². The summed E-state index contributed by atoms with van der Waals surface area (Å²) < 4.78 is 6.93. The van der Waals surface area contributed by atoms with Gasteiger partial charge in [-0.05, 0) is 43.6 Å². The second-order valence-electron chi connectivity index (χ2n) is 5.04. The number of nitrogens with two attached hydrogens (primary N) is 1. The van der Waals surface area contributed by atoms with E-state index in [1.54, 1.807) is 11.8 Å². The van der Waals surface area contributed by atoms with Crippen LogP contribution in [0.2, 0.25) is 0 Å². The average molecular weight is 302 g/mol. The molecule has 0 bridgehead atoms. The number of hydrogen-bond donors (Lipinski definition) is 2. The van der Waals surface area contributed by atoms with Crippen LogP contribution in [-0.2, 0) is 6.42 Å². The maximum atomic E-state index is 5.80. The van der Waals surface area contributed by atoms with Gasteiger partial charge in [0.1, 0.15) is 11.6 Å². The maximum Gasteiger partial charge on any atom is 0.193 e. The summed E-state index contributed by atoms with van der Waals surface area (Å²) in [4.78, 5) is 0. The highest BCUT2D eigenvalue weighted by atomic mass is 32.1. The highest BCUT2D eigenvalue weighted by Crippen LogP contribution is 2.33. The summed E-state index contributed by atoms with van der Waals surface area (Å²) in [6.07, 6.45) is 3.22. The summed E-state index contributed by atoms with van der Waals surface area (Å²) in [6, 6.07) is 7.90. The summed E-state index contributed by atoms with van der Waals surface area (Å²) in [5.74, 6) is 1.74. The number of rotatable bonds is 2. The number of benzene rings is 1. The Kier molecular flexibility index (Phi) is 3.79. The van der Waals surface area contributed by atoms with Gasteiger partial charge in [0.05, 0.1) is 12.8 Å². The Morgan fingerprint density at radius 2 is 2.29 bits per heavy atom. The monoisotopic (exact) mass is 302 g/mol. The zero-order valence-electron chi connectivity index (χ0n) is 11.9. The molecule has 0 aliphatic carbocycles. The number of ether oxygens (including phenoxy) is 1. The van der Waals surface area contributed by atoms with E-state index in [4.69, 9.17) is 22.7 Å². The summed E-state index contributed by atoms with van der Waals surface area (Å²) in [7, 11) is 1.66. The maximum absolute atomic E-state index is 5.80. The van der Waals surface area contributed by atoms with Crippen LogP contribution in [0.5, 0.6) is 5.75 Å². The van der Waals surface area contributed by atoms with Gasteiger partial charge in [-0.25, -0.2) is 0 Å². The zero-order chi connectivity index (χ0) is 14.8. The highest BCUT2D eigenvalue weighted by molar-refractivity contribution is 7.80. The molecule has 0 amide bonds. The van der Waals surface area contributed by atoms with Gasteiger partial charge in [0.2, 0.25) is 0 Å². The van der Waals surface area contributed by atoms with Gasteiger partial charge >= 0.3 is 0 Å². The minimum atomic E-state index is 0.259. The molecule has 0 spiro atoms. The molecule has 3 rings (SSSR count). The first-order valence-electron chi connectivity index (χ1n) is 7.00. The molecule has 21 heavy (non-hydrogen) atoms. The smallest absolute Gasteiger partial charge is 0.193 e. The molecule has 6 heteroatoms. The van der Waals surface area contributed by atoms with Crippen molar-refractivity contribution in [1.82, 2.24) is 9.78 Å². The molecule has 110 valence electrons. The van der Waals surface area contributed by atoms with Crippen LogP contribution in [0.4, 0.5) is 5.82 Å². The number of nitrogens with one attached hydrogen (secondary N) is 1. The molecule has 2 aromatic rings. The standard InChI is InChI=1S/C15H18N4OS/c1-20-11-6-4-5-10(9-11)13-12-7-2-3-8-17-14(12)19(18-13)15(16)21/h4-6,9,17H,2-3,7-8H2,1H3,(H2,16,21). The molecule has 5 nitrogen and oxygen atoms in total. The minimum absolute atomic E-state index is 0.259. The number of anilines is 1. The third-order valence-corrected chi connectivity index (χ3v) is 3.85. The van der Waals surface area contributed by atoms with Gasteiger partial charge in [-0.2, -0.15) is 9.78 Å². The number of thiocarbonyl (C=S) groups is 1. The van der Waals surface area contributed by atoms with Gasteiger partial charge in [0.15, 0.2) is 5.11 Å². The molecule has 0 fully saturated rings. The molecule has 0 saturated carbocycles. The van der Waals surface area contributed by atoms with Crippen molar-refractivity contribution >= 4 is 23.1 Å². The van der Waals surface area contributed by atoms with E-state index in [0.29, 0.717) is 0 Å². The quantitative estimate of drug-likeness (QED) is 0.834. The van der Waals surface area contributed by atoms with Crippen LogP contribution < -0.4 is 15.8 Å². The van der Waals surface area contributed by atoms with Gasteiger partial charge in [-0.1, -0.05) is 12.1 Å². The van der Waals surface area contributed by atoms with E-state index < -0.39 is 0 Å². The van der Waals surface area contributed by atoms with Crippen molar-refractivity contribution in [3.05, 3.63) is 29.8 Å². The molecule has 1 aliphatic heterocycles. The predicted molar refractivity (Wildman–Crippen MR) is 87.8 cm³/mol. The molecular formula is C15H18N4OS. The SMILES string of the molecule is COc1cccc(-c2nn(C(N)=S)c3c2CCCCN3)c1. The first kappa shape index (κ1) is 13.9. The van der Waals surface area contributed by atoms with Gasteiger partial charge in [0.25, 0.3) is 0 Å². The molecule has 1 aliphatic rings. The van der Waals surface area contributed by atoms with Crippen LogP contribution in [0.3, 0.4) is 0 Å². The van der Waals surface area contributed by atoms with Crippen LogP contribution in [0.1, 0.15) is 18.4 Å². The van der Waals surface area contributed by atoms with E-state index in [1.807, 2.05) is 24.3 Å². The zero-order valence-corrected chi connectivity index (χ0v) is 12.7. The Balaban J connectivity index is 2.15. The number of methoxy groups -OCH3 is 1. The van der Waals surface area contributed by atoms with Gasteiger partial charge in [0, 0.05) is 17.7 Å². The average Bonchev–Trinajstić information content (AvgIpc) is 2.69. The Morgan fingerprint density at radius 3 is 3.05 bits per heavy atom. The lowest BCUT2D eigenvalue weighted by Gasteiger charge is -2.06. The fourth-order valence-corrected chi connectivity index (χ4v) is 2.80. The number of fused-ring (bicyclic) bond motifs is 1. The van der Waals surface area contributed by atoms with Crippen LogP contribution >= 0.6 is 12.2 Å². The highest BCUT2D eigenvalue weighted by Gasteiger charge is 2.21. The first-order chi connectivity index (χ1) is 10.2. The lowest BCUT2D eigenvalue weighted by atomic mass is 10.0. The van der Waals surface area contributed by atoms with E-state index in [9.17, 15) is 0 Å². The van der Waals surface area contributed by atoms with E-state index in [2.05, 4.69) is 10.4 Å². The molecular weight excluding hydrogens is 284 g/mol. The summed E-state index contributed by atoms with van der Waals surface area (Å²) in [6.45, 7) is 0.916. The minimum Gasteiger partial charge on any atom is -0.497 e. The van der Waals surface area contributed by atoms with Gasteiger partial charge < -0.3 is 15.8 Å². The lowest BCUT2D eigenvalue weighted by molar-refractivity contribution is 0.415. The second-order valence-corrected chi connectivity index (χ2v) is 5.46. The summed E-state index contributed by atoms with van der Waals surface area (Å²) in [5.41, 5.74) is 8.92. The Morgan fingerprint density at radius 1 is 1.43 bits per heavy atom. The molecule has 0 unspecified atom stereocenters. The van der Waals surface area contributed by atoms with Crippen molar-refractivity contribution in [3.8, 4) is 17.0 Å². The Bertz CT molecular complexity index is 680. The summed E-state index contributed by atoms with van der Waals surface area (Å²) in [5, 5.41) is 8.27. The Labute approximate surface area is 129 Å². The van der Waals surface area contributed by atoms with Crippen LogP contribution in [0, 0.1) is 0 Å². The molecule has 2 heterocycles. The molecule has 0 radical (unpaired) electrons. The van der Waals surface area contributed by atoms with Crippen molar-refractivity contribution in [3.63, 3.8) is 0 Å². The van der Waals surface area contributed by atoms with Crippen molar-refractivity contribution in [2.75, 3.05) is 19.0 Å². The fraction of sp³-hybridized carbons (Fsp3) is 0.333. The first-order valence-corrected chi connectivity index (χ1v) is 7.41. The van der Waals surface area contributed by atoms with Crippen molar-refractivity contribution < 1.29 is 4.74 Å². The van der Waals surface area contributed by atoms with E-state index in [0.717, 1.165) is 48.6 Å². The van der Waals surface area contributed by atoms with Crippen molar-refractivity contribution in [1.29, 1.82) is 0 Å². The van der Waals surface area contributed by atoms with E-state index in [-0.39, 0.29) is 5.11 Å². The Hall–Kier alpha value is -2.08. The lowest BCUT2D eigenvalue weighted by Crippen LogP contribution is -2.22.